The lowest BCUT2D eigenvalue weighted by Crippen LogP contribution is -2.44. The summed E-state index contributed by atoms with van der Waals surface area (Å²) in [5, 5.41) is 5.57. The van der Waals surface area contributed by atoms with Gasteiger partial charge in [-0.1, -0.05) is 12.1 Å². The summed E-state index contributed by atoms with van der Waals surface area (Å²) in [6.07, 6.45) is 4.44. The first-order chi connectivity index (χ1) is 11.4. The lowest BCUT2D eigenvalue weighted by atomic mass is 9.97. The summed E-state index contributed by atoms with van der Waals surface area (Å²) in [5.41, 5.74) is 2.24. The first-order valence-electron chi connectivity index (χ1n) is 7.95. The van der Waals surface area contributed by atoms with Crippen LogP contribution in [0, 0.1) is 0 Å². The van der Waals surface area contributed by atoms with Crippen LogP contribution in [0.3, 0.4) is 0 Å². The Labute approximate surface area is 142 Å². The zero-order chi connectivity index (χ0) is 17.6. The Morgan fingerprint density at radius 1 is 1.00 bits per heavy atom. The number of nitrogens with one attached hydrogen (secondary N) is 2. The molecular formula is C19H23N3O2. The molecule has 1 aromatic heterocycles. The molecule has 5 heteroatoms. The number of rotatable bonds is 6. The van der Waals surface area contributed by atoms with Gasteiger partial charge in [0.1, 0.15) is 0 Å². The van der Waals surface area contributed by atoms with E-state index in [1.54, 1.807) is 31.6 Å². The molecule has 2 aromatic rings. The van der Waals surface area contributed by atoms with E-state index in [-0.39, 0.29) is 11.8 Å². The number of aromatic nitrogens is 1. The van der Waals surface area contributed by atoms with Gasteiger partial charge in [-0.25, -0.2) is 0 Å². The van der Waals surface area contributed by atoms with E-state index >= 15 is 0 Å². The fraction of sp³-hybridized carbons (Fsp3) is 0.316. The van der Waals surface area contributed by atoms with E-state index in [0.29, 0.717) is 18.4 Å². The van der Waals surface area contributed by atoms with Gasteiger partial charge in [-0.15, -0.1) is 0 Å². The molecule has 2 rings (SSSR count). The van der Waals surface area contributed by atoms with Crippen LogP contribution >= 0.6 is 0 Å². The lowest BCUT2D eigenvalue weighted by Gasteiger charge is -2.26. The molecule has 1 aromatic carbocycles. The molecule has 0 saturated heterocycles. The van der Waals surface area contributed by atoms with Crippen molar-refractivity contribution in [2.75, 3.05) is 7.05 Å². The monoisotopic (exact) mass is 325 g/mol. The lowest BCUT2D eigenvalue weighted by molar-refractivity contribution is -0.121. The SMILES string of the molecule is CNC(=O)CCC(C)(C)NC(=O)c1ccc(-c2ccncc2)cc1. The Bertz CT molecular complexity index is 694. The van der Waals surface area contributed by atoms with Crippen molar-refractivity contribution >= 4 is 11.8 Å². The minimum Gasteiger partial charge on any atom is -0.359 e. The van der Waals surface area contributed by atoms with Gasteiger partial charge in [0.25, 0.3) is 5.91 Å². The molecule has 0 aliphatic heterocycles. The summed E-state index contributed by atoms with van der Waals surface area (Å²) in [6.45, 7) is 3.83. The zero-order valence-corrected chi connectivity index (χ0v) is 14.3. The van der Waals surface area contributed by atoms with E-state index in [4.69, 9.17) is 0 Å². The third-order valence-corrected chi connectivity index (χ3v) is 3.87. The first-order valence-corrected chi connectivity index (χ1v) is 7.95. The summed E-state index contributed by atoms with van der Waals surface area (Å²) >= 11 is 0. The normalized spacial score (nSPS) is 11.0. The van der Waals surface area contributed by atoms with Crippen LogP contribution in [0.15, 0.2) is 48.8 Å². The molecule has 2 amide bonds. The van der Waals surface area contributed by atoms with E-state index in [1.165, 1.54) is 0 Å². The van der Waals surface area contributed by atoms with Crippen LogP contribution in [0.25, 0.3) is 11.1 Å². The van der Waals surface area contributed by atoms with Gasteiger partial charge < -0.3 is 10.6 Å². The van der Waals surface area contributed by atoms with E-state index in [2.05, 4.69) is 15.6 Å². The number of hydrogen-bond acceptors (Lipinski definition) is 3. The highest BCUT2D eigenvalue weighted by Gasteiger charge is 2.22. The third kappa shape index (κ3) is 4.91. The Hall–Kier alpha value is -2.69. The molecule has 0 spiro atoms. The smallest absolute Gasteiger partial charge is 0.251 e. The number of carbonyl (C=O) groups is 2. The minimum absolute atomic E-state index is 0.0287. The van der Waals surface area contributed by atoms with Gasteiger partial charge in [0.15, 0.2) is 0 Å². The van der Waals surface area contributed by atoms with Crippen LogP contribution < -0.4 is 10.6 Å². The van der Waals surface area contributed by atoms with Crippen LogP contribution in [0.4, 0.5) is 0 Å². The summed E-state index contributed by atoms with van der Waals surface area (Å²) in [7, 11) is 1.61. The molecule has 0 unspecified atom stereocenters. The molecule has 0 saturated carbocycles. The van der Waals surface area contributed by atoms with Gasteiger partial charge in [-0.3, -0.25) is 14.6 Å². The average molecular weight is 325 g/mol. The largest absolute Gasteiger partial charge is 0.359 e. The molecular weight excluding hydrogens is 302 g/mol. The number of nitrogens with zero attached hydrogens (tertiary/aromatic N) is 1. The van der Waals surface area contributed by atoms with Crippen molar-refractivity contribution in [3.8, 4) is 11.1 Å². The molecule has 0 fully saturated rings. The zero-order valence-electron chi connectivity index (χ0n) is 14.3. The number of pyridine rings is 1. The van der Waals surface area contributed by atoms with Crippen LogP contribution in [0.5, 0.6) is 0 Å². The molecule has 5 nitrogen and oxygen atoms in total. The van der Waals surface area contributed by atoms with E-state index < -0.39 is 5.54 Å². The molecule has 2 N–H and O–H groups in total. The summed E-state index contributed by atoms with van der Waals surface area (Å²) in [6, 6.07) is 11.3. The fourth-order valence-corrected chi connectivity index (χ4v) is 2.35. The predicted octanol–water partition coefficient (Wildman–Crippen LogP) is 2.78. The van der Waals surface area contributed by atoms with Gasteiger partial charge in [-0.05, 0) is 55.7 Å². The van der Waals surface area contributed by atoms with Crippen molar-refractivity contribution in [2.45, 2.75) is 32.2 Å². The number of hydrogen-bond donors (Lipinski definition) is 2. The number of carbonyl (C=O) groups excluding carboxylic acids is 2. The van der Waals surface area contributed by atoms with Gasteiger partial charge in [-0.2, -0.15) is 0 Å². The van der Waals surface area contributed by atoms with Crippen molar-refractivity contribution in [3.63, 3.8) is 0 Å². The summed E-state index contributed by atoms with van der Waals surface area (Å²) in [5.74, 6) is -0.169. The molecule has 126 valence electrons. The van der Waals surface area contributed by atoms with Crippen molar-refractivity contribution in [3.05, 3.63) is 54.4 Å². The second kappa shape index (κ2) is 7.73. The Morgan fingerprint density at radius 2 is 1.58 bits per heavy atom. The van der Waals surface area contributed by atoms with E-state index in [9.17, 15) is 9.59 Å². The van der Waals surface area contributed by atoms with Crippen molar-refractivity contribution in [1.82, 2.24) is 15.6 Å². The van der Waals surface area contributed by atoms with E-state index in [1.807, 2.05) is 38.1 Å². The van der Waals surface area contributed by atoms with Gasteiger partial charge in [0, 0.05) is 37.0 Å². The van der Waals surface area contributed by atoms with Gasteiger partial charge >= 0.3 is 0 Å². The molecule has 0 bridgehead atoms. The van der Waals surface area contributed by atoms with Gasteiger partial charge in [0.05, 0.1) is 0 Å². The maximum atomic E-state index is 12.4. The van der Waals surface area contributed by atoms with Crippen LogP contribution in [0.1, 0.15) is 37.0 Å². The molecule has 0 aliphatic carbocycles. The van der Waals surface area contributed by atoms with Crippen molar-refractivity contribution < 1.29 is 9.59 Å². The Kier molecular flexibility index (Phi) is 5.68. The second-order valence-electron chi connectivity index (χ2n) is 6.32. The summed E-state index contributed by atoms with van der Waals surface area (Å²) in [4.78, 5) is 27.8. The van der Waals surface area contributed by atoms with Crippen LogP contribution in [-0.2, 0) is 4.79 Å². The average Bonchev–Trinajstić information content (AvgIpc) is 2.60. The summed E-state index contributed by atoms with van der Waals surface area (Å²) < 4.78 is 0. The number of benzene rings is 1. The molecule has 0 atom stereocenters. The van der Waals surface area contributed by atoms with Crippen LogP contribution in [0.2, 0.25) is 0 Å². The Balaban J connectivity index is 2.01. The fourth-order valence-electron chi connectivity index (χ4n) is 2.35. The molecule has 0 aliphatic rings. The topological polar surface area (TPSA) is 71.1 Å². The molecule has 0 radical (unpaired) electrons. The first kappa shape index (κ1) is 17.7. The van der Waals surface area contributed by atoms with Crippen molar-refractivity contribution in [1.29, 1.82) is 0 Å². The van der Waals surface area contributed by atoms with Crippen LogP contribution in [-0.4, -0.2) is 29.4 Å². The second-order valence-corrected chi connectivity index (χ2v) is 6.32. The van der Waals surface area contributed by atoms with E-state index in [0.717, 1.165) is 11.1 Å². The quantitative estimate of drug-likeness (QED) is 0.858. The highest BCUT2D eigenvalue weighted by atomic mass is 16.2. The maximum absolute atomic E-state index is 12.4. The third-order valence-electron chi connectivity index (χ3n) is 3.87. The van der Waals surface area contributed by atoms with Crippen molar-refractivity contribution in [2.24, 2.45) is 0 Å². The van der Waals surface area contributed by atoms with Gasteiger partial charge in [0.2, 0.25) is 5.91 Å². The highest BCUT2D eigenvalue weighted by Crippen LogP contribution is 2.19. The Morgan fingerprint density at radius 3 is 2.17 bits per heavy atom. The predicted molar refractivity (Wildman–Crippen MR) is 94.5 cm³/mol. The standard InChI is InChI=1S/C19H23N3O2/c1-19(2,11-8-17(23)20-3)22-18(24)16-6-4-14(5-7-16)15-9-12-21-13-10-15/h4-7,9-10,12-13H,8,11H2,1-3H3,(H,20,23)(H,22,24). The highest BCUT2D eigenvalue weighted by molar-refractivity contribution is 5.95. The molecule has 1 heterocycles. The number of amides is 2. The molecule has 24 heavy (non-hydrogen) atoms. The maximum Gasteiger partial charge on any atom is 0.251 e. The minimum atomic E-state index is -0.451.